The van der Waals surface area contributed by atoms with Crippen LogP contribution in [0.2, 0.25) is 0 Å². The van der Waals surface area contributed by atoms with Crippen molar-refractivity contribution >= 4 is 78.8 Å². The van der Waals surface area contributed by atoms with Gasteiger partial charge in [-0.05, 0) is 77.4 Å². The van der Waals surface area contributed by atoms with Crippen molar-refractivity contribution < 1.29 is 17.9 Å². The summed E-state index contributed by atoms with van der Waals surface area (Å²) in [5, 5.41) is 4.19. The second-order valence-electron chi connectivity index (χ2n) is 12.7. The van der Waals surface area contributed by atoms with Crippen LogP contribution in [-0.2, 0) is 0 Å². The molecule has 7 aromatic carbocycles. The minimum atomic E-state index is -4.87. The third kappa shape index (κ3) is 4.38. The van der Waals surface area contributed by atoms with Gasteiger partial charge in [0.05, 0.1) is 0 Å². The molecule has 0 atom stereocenters. The van der Waals surface area contributed by atoms with Crippen LogP contribution in [0.5, 0.6) is 5.75 Å². The fraction of sp³-hybridized carbons (Fsp3) is 0.0732. The SMILES string of the molecule is Cc1ccc2ccc3c(c2c1)N(c1ccccc1)c1cc(OC(F)(F)F)cc2c1B3c1ccc3ccc(C)cc3c1N2c1ccccc1. The number of ether oxygens (including phenoxy) is 1. The van der Waals surface area contributed by atoms with Gasteiger partial charge in [-0.15, -0.1) is 13.2 Å². The number of nitrogens with zero attached hydrogens (tertiary/aromatic N) is 2. The van der Waals surface area contributed by atoms with E-state index in [0.717, 1.165) is 71.8 Å². The zero-order valence-corrected chi connectivity index (χ0v) is 26.2. The average molecular weight is 632 g/mol. The third-order valence-electron chi connectivity index (χ3n) is 9.57. The molecule has 2 aliphatic rings. The van der Waals surface area contributed by atoms with Gasteiger partial charge in [-0.1, -0.05) is 96.1 Å². The number of anilines is 6. The molecular weight excluding hydrogens is 604 g/mol. The van der Waals surface area contributed by atoms with Crippen molar-refractivity contribution in [2.75, 3.05) is 9.80 Å². The molecule has 0 aliphatic carbocycles. The predicted molar refractivity (Wildman–Crippen MR) is 192 cm³/mol. The van der Waals surface area contributed by atoms with Crippen molar-refractivity contribution in [2.45, 2.75) is 20.2 Å². The highest BCUT2D eigenvalue weighted by molar-refractivity contribution is 7.00. The van der Waals surface area contributed by atoms with Gasteiger partial charge in [-0.2, -0.15) is 0 Å². The van der Waals surface area contributed by atoms with Crippen LogP contribution in [0.4, 0.5) is 47.3 Å². The van der Waals surface area contributed by atoms with Crippen molar-refractivity contribution in [3.8, 4) is 5.75 Å². The molecule has 232 valence electrons. The molecule has 0 N–H and O–H groups in total. The van der Waals surface area contributed by atoms with E-state index in [-0.39, 0.29) is 12.5 Å². The molecule has 0 fully saturated rings. The molecule has 9 rings (SSSR count). The van der Waals surface area contributed by atoms with E-state index < -0.39 is 6.36 Å². The van der Waals surface area contributed by atoms with Crippen LogP contribution in [0.25, 0.3) is 21.5 Å². The third-order valence-corrected chi connectivity index (χ3v) is 9.57. The number of hydrogen-bond acceptors (Lipinski definition) is 3. The predicted octanol–water partition coefficient (Wildman–Crippen LogP) is 9.59. The lowest BCUT2D eigenvalue weighted by atomic mass is 9.33. The van der Waals surface area contributed by atoms with Crippen molar-refractivity contribution in [2.24, 2.45) is 0 Å². The maximum atomic E-state index is 14.1. The van der Waals surface area contributed by atoms with E-state index in [4.69, 9.17) is 4.74 Å². The van der Waals surface area contributed by atoms with E-state index in [1.54, 1.807) is 12.1 Å². The fourth-order valence-corrected chi connectivity index (χ4v) is 7.70. The van der Waals surface area contributed by atoms with Crippen LogP contribution in [0.15, 0.2) is 133 Å². The molecule has 7 heteroatoms. The van der Waals surface area contributed by atoms with Gasteiger partial charge in [0.1, 0.15) is 5.75 Å². The molecule has 0 spiro atoms. The van der Waals surface area contributed by atoms with E-state index >= 15 is 0 Å². The highest BCUT2D eigenvalue weighted by Crippen LogP contribution is 2.49. The lowest BCUT2D eigenvalue weighted by Crippen LogP contribution is -2.61. The molecule has 0 amide bonds. The highest BCUT2D eigenvalue weighted by Gasteiger charge is 2.45. The normalized spacial score (nSPS) is 13.4. The lowest BCUT2D eigenvalue weighted by molar-refractivity contribution is -0.274. The number of para-hydroxylation sites is 2. The van der Waals surface area contributed by atoms with E-state index in [2.05, 4.69) is 84.3 Å². The summed E-state index contributed by atoms with van der Waals surface area (Å²) in [6, 6.07) is 44.3. The smallest absolute Gasteiger partial charge is 0.406 e. The van der Waals surface area contributed by atoms with E-state index in [1.165, 1.54) is 0 Å². The molecule has 0 saturated carbocycles. The molecule has 0 radical (unpaired) electrons. The van der Waals surface area contributed by atoms with Gasteiger partial charge < -0.3 is 14.5 Å². The second-order valence-corrected chi connectivity index (χ2v) is 12.7. The lowest BCUT2D eigenvalue weighted by Gasteiger charge is -2.45. The number of halogens is 3. The van der Waals surface area contributed by atoms with Gasteiger partial charge in [0.15, 0.2) is 0 Å². The first-order valence-corrected chi connectivity index (χ1v) is 16.0. The van der Waals surface area contributed by atoms with Gasteiger partial charge in [-0.3, -0.25) is 0 Å². The first kappa shape index (κ1) is 28.5. The minimum absolute atomic E-state index is 0.255. The first-order valence-electron chi connectivity index (χ1n) is 16.0. The summed E-state index contributed by atoms with van der Waals surface area (Å²) in [6.45, 7) is 3.88. The van der Waals surface area contributed by atoms with Crippen molar-refractivity contribution in [3.05, 3.63) is 145 Å². The molecule has 0 unspecified atom stereocenters. The van der Waals surface area contributed by atoms with Crippen molar-refractivity contribution in [1.29, 1.82) is 0 Å². The van der Waals surface area contributed by atoms with Crippen LogP contribution in [0, 0.1) is 13.8 Å². The number of benzene rings is 7. The van der Waals surface area contributed by atoms with E-state index in [1.807, 2.05) is 60.7 Å². The monoisotopic (exact) mass is 632 g/mol. The van der Waals surface area contributed by atoms with Gasteiger partial charge in [-0.25, -0.2) is 0 Å². The van der Waals surface area contributed by atoms with Crippen molar-refractivity contribution in [3.63, 3.8) is 0 Å². The summed E-state index contributed by atoms with van der Waals surface area (Å²) in [5.74, 6) is -0.267. The fourth-order valence-electron chi connectivity index (χ4n) is 7.70. The van der Waals surface area contributed by atoms with Crippen molar-refractivity contribution in [1.82, 2.24) is 0 Å². The van der Waals surface area contributed by atoms with E-state index in [9.17, 15) is 13.2 Å². The molecule has 0 saturated heterocycles. The summed E-state index contributed by atoms with van der Waals surface area (Å²) in [6.07, 6.45) is -4.87. The van der Waals surface area contributed by atoms with E-state index in [0.29, 0.717) is 11.4 Å². The largest absolute Gasteiger partial charge is 0.573 e. The van der Waals surface area contributed by atoms with Crippen LogP contribution in [0.3, 0.4) is 0 Å². The second kappa shape index (κ2) is 10.4. The summed E-state index contributed by atoms with van der Waals surface area (Å²) < 4.78 is 47.0. The zero-order valence-electron chi connectivity index (χ0n) is 26.2. The maximum absolute atomic E-state index is 14.1. The zero-order chi connectivity index (χ0) is 32.7. The Balaban J connectivity index is 1.48. The maximum Gasteiger partial charge on any atom is 0.573 e. The Morgan fingerprint density at radius 3 is 1.42 bits per heavy atom. The Kier molecular flexibility index (Phi) is 6.19. The summed E-state index contributed by atoms with van der Waals surface area (Å²) in [5.41, 5.74) is 10.2. The molecular formula is C41H28BF3N2O. The number of rotatable bonds is 3. The quantitative estimate of drug-likeness (QED) is 0.181. The van der Waals surface area contributed by atoms with Crippen LogP contribution in [-0.4, -0.2) is 13.1 Å². The topological polar surface area (TPSA) is 15.7 Å². The Hall–Kier alpha value is -5.69. The van der Waals surface area contributed by atoms with Gasteiger partial charge in [0.25, 0.3) is 6.71 Å². The van der Waals surface area contributed by atoms with Crippen LogP contribution in [0.1, 0.15) is 11.1 Å². The van der Waals surface area contributed by atoms with Gasteiger partial charge in [0, 0.05) is 57.0 Å². The molecule has 0 bridgehead atoms. The number of aryl methyl sites for hydroxylation is 2. The molecule has 3 nitrogen and oxygen atoms in total. The summed E-state index contributed by atoms with van der Waals surface area (Å²) >= 11 is 0. The van der Waals surface area contributed by atoms with Gasteiger partial charge >= 0.3 is 6.36 Å². The van der Waals surface area contributed by atoms with Crippen LogP contribution < -0.4 is 30.9 Å². The summed E-state index contributed by atoms with van der Waals surface area (Å²) in [7, 11) is 0. The average Bonchev–Trinajstić information content (AvgIpc) is 3.08. The molecule has 7 aromatic rings. The number of hydrogen-bond donors (Lipinski definition) is 0. The highest BCUT2D eigenvalue weighted by atomic mass is 19.4. The standard InChI is InChI=1S/C41H28BF3N2O/c1-25-13-15-27-17-19-34-39(32(27)21-25)46(29-9-5-3-6-10-29)36-23-31(48-41(43,44)45)24-37-38(36)42(34)35-20-18-28-16-14-26(2)22-33(28)40(35)47(37)30-11-7-4-8-12-30/h3-24H,1-2H3. The number of fused-ring (bicyclic) bond motifs is 8. The summed E-state index contributed by atoms with van der Waals surface area (Å²) in [4.78, 5) is 4.24. The molecule has 0 aromatic heterocycles. The Bertz CT molecular complexity index is 2250. The number of alkyl halides is 3. The molecule has 2 aliphatic heterocycles. The van der Waals surface area contributed by atoms with Crippen LogP contribution >= 0.6 is 0 Å². The Morgan fingerprint density at radius 2 is 0.979 bits per heavy atom. The minimum Gasteiger partial charge on any atom is -0.406 e. The Labute approximate surface area is 276 Å². The Morgan fingerprint density at radius 1 is 0.542 bits per heavy atom. The van der Waals surface area contributed by atoms with Gasteiger partial charge in [0.2, 0.25) is 0 Å². The first-order chi connectivity index (χ1) is 23.2. The molecule has 48 heavy (non-hydrogen) atoms. The molecule has 2 heterocycles.